The zero-order chi connectivity index (χ0) is 23.0. The summed E-state index contributed by atoms with van der Waals surface area (Å²) in [6, 6.07) is 10.8. The number of ketones is 1. The average molecular weight is 433 g/mol. The van der Waals surface area contributed by atoms with E-state index < -0.39 is 17.7 Å². The Kier molecular flexibility index (Phi) is 5.93. The lowest BCUT2D eigenvalue weighted by molar-refractivity contribution is -0.141. The van der Waals surface area contributed by atoms with Crippen molar-refractivity contribution in [2.75, 3.05) is 0 Å². The van der Waals surface area contributed by atoms with Crippen molar-refractivity contribution < 1.29 is 14.7 Å². The summed E-state index contributed by atoms with van der Waals surface area (Å²) >= 11 is 0. The number of likely N-dealkylation sites (tertiary alicyclic amines) is 1. The van der Waals surface area contributed by atoms with Gasteiger partial charge in [-0.1, -0.05) is 58.2 Å². The number of carbonyl (C=O) groups is 2. The molecule has 1 aliphatic carbocycles. The van der Waals surface area contributed by atoms with E-state index in [4.69, 9.17) is 0 Å². The van der Waals surface area contributed by atoms with Crippen molar-refractivity contribution in [3.05, 3.63) is 70.6 Å². The molecule has 1 unspecified atom stereocenters. The largest absolute Gasteiger partial charge is 0.507 e. The highest BCUT2D eigenvalue weighted by molar-refractivity contribution is 6.46. The number of aromatic nitrogens is 1. The van der Waals surface area contributed by atoms with Crippen LogP contribution in [0.1, 0.15) is 81.3 Å². The van der Waals surface area contributed by atoms with Crippen molar-refractivity contribution in [1.82, 2.24) is 9.88 Å². The second-order valence-corrected chi connectivity index (χ2v) is 10.0. The van der Waals surface area contributed by atoms with E-state index in [9.17, 15) is 14.7 Å². The van der Waals surface area contributed by atoms with E-state index in [0.717, 1.165) is 43.2 Å². The minimum absolute atomic E-state index is 0.0143. The molecular formula is C27H32N2O3. The molecule has 1 atom stereocenters. The summed E-state index contributed by atoms with van der Waals surface area (Å²) in [7, 11) is 0. The molecule has 0 bridgehead atoms. The van der Waals surface area contributed by atoms with Crippen molar-refractivity contribution in [2.24, 2.45) is 0 Å². The van der Waals surface area contributed by atoms with Crippen LogP contribution in [0, 0.1) is 6.92 Å². The van der Waals surface area contributed by atoms with E-state index in [0.29, 0.717) is 11.3 Å². The number of amides is 1. The van der Waals surface area contributed by atoms with Crippen molar-refractivity contribution in [3.63, 3.8) is 0 Å². The first-order valence-corrected chi connectivity index (χ1v) is 11.5. The van der Waals surface area contributed by atoms with Gasteiger partial charge in [0.25, 0.3) is 11.7 Å². The van der Waals surface area contributed by atoms with Gasteiger partial charge in [-0.15, -0.1) is 0 Å². The maximum Gasteiger partial charge on any atom is 0.295 e. The Morgan fingerprint density at radius 2 is 1.78 bits per heavy atom. The van der Waals surface area contributed by atoms with E-state index >= 15 is 0 Å². The number of rotatable bonds is 3. The monoisotopic (exact) mass is 432 g/mol. The van der Waals surface area contributed by atoms with Gasteiger partial charge < -0.3 is 10.0 Å². The highest BCUT2D eigenvalue weighted by Gasteiger charge is 2.49. The fraction of sp³-hybridized carbons (Fsp3) is 0.444. The zero-order valence-electron chi connectivity index (χ0n) is 19.4. The smallest absolute Gasteiger partial charge is 0.295 e. The van der Waals surface area contributed by atoms with Crippen molar-refractivity contribution >= 4 is 17.4 Å². The summed E-state index contributed by atoms with van der Waals surface area (Å²) in [5.41, 5.74) is 3.16. The topological polar surface area (TPSA) is 70.5 Å². The Morgan fingerprint density at radius 3 is 2.41 bits per heavy atom. The maximum atomic E-state index is 13.3. The van der Waals surface area contributed by atoms with Gasteiger partial charge in [-0.3, -0.25) is 14.6 Å². The fourth-order valence-corrected chi connectivity index (χ4v) is 4.90. The van der Waals surface area contributed by atoms with E-state index in [1.165, 1.54) is 0 Å². The molecule has 32 heavy (non-hydrogen) atoms. The third kappa shape index (κ3) is 3.96. The number of Topliss-reactive ketones (excluding diaryl/α,β-unsaturated/α-hetero) is 1. The Balaban J connectivity index is 1.90. The van der Waals surface area contributed by atoms with E-state index in [1.54, 1.807) is 11.1 Å². The Hall–Kier alpha value is -2.95. The first-order valence-electron chi connectivity index (χ1n) is 11.5. The SMILES string of the molecule is Cc1ccc(C(C)(C)C)cc1/C(O)=C1\C(=O)C(=O)N(C2CCCCC2)C1c1ccccn1. The summed E-state index contributed by atoms with van der Waals surface area (Å²) < 4.78 is 0. The molecule has 4 rings (SSSR count). The number of aryl methyl sites for hydroxylation is 1. The molecule has 2 aliphatic rings. The number of aliphatic hydroxyl groups excluding tert-OH is 1. The third-order valence-electron chi connectivity index (χ3n) is 6.77. The number of pyridine rings is 1. The molecule has 5 heteroatoms. The Bertz CT molecular complexity index is 1060. The molecule has 0 spiro atoms. The highest BCUT2D eigenvalue weighted by Crippen LogP contribution is 2.43. The average Bonchev–Trinajstić information content (AvgIpc) is 3.04. The standard InChI is InChI=1S/C27H32N2O3/c1-17-13-14-18(27(2,3)4)16-20(17)24(30)22-23(21-12-8-9-15-28-21)29(26(32)25(22)31)19-10-6-5-7-11-19/h8-9,12-16,19,23,30H,5-7,10-11H2,1-4H3/b24-22+. The molecule has 0 radical (unpaired) electrons. The molecule has 2 heterocycles. The number of aliphatic hydroxyl groups is 1. The van der Waals surface area contributed by atoms with Gasteiger partial charge in [0.2, 0.25) is 0 Å². The van der Waals surface area contributed by atoms with E-state index in [-0.39, 0.29) is 22.8 Å². The van der Waals surface area contributed by atoms with E-state index in [1.807, 2.05) is 43.3 Å². The van der Waals surface area contributed by atoms with Crippen LogP contribution in [0.4, 0.5) is 0 Å². The summed E-state index contributed by atoms with van der Waals surface area (Å²) in [5.74, 6) is -1.26. The summed E-state index contributed by atoms with van der Waals surface area (Å²) in [5, 5.41) is 11.5. The molecule has 168 valence electrons. The molecule has 1 aromatic heterocycles. The van der Waals surface area contributed by atoms with Crippen LogP contribution in [0.5, 0.6) is 0 Å². The van der Waals surface area contributed by atoms with Crippen LogP contribution in [0.15, 0.2) is 48.2 Å². The van der Waals surface area contributed by atoms with Gasteiger partial charge in [0.15, 0.2) is 0 Å². The number of hydrogen-bond donors (Lipinski definition) is 1. The number of carbonyl (C=O) groups excluding carboxylic acids is 2. The molecular weight excluding hydrogens is 400 g/mol. The maximum absolute atomic E-state index is 13.3. The van der Waals surface area contributed by atoms with E-state index in [2.05, 4.69) is 25.8 Å². The minimum atomic E-state index is -0.669. The normalized spacial score (nSPS) is 21.9. The highest BCUT2D eigenvalue weighted by atomic mass is 16.3. The van der Waals surface area contributed by atoms with Crippen molar-refractivity contribution in [2.45, 2.75) is 77.3 Å². The lowest BCUT2D eigenvalue weighted by Crippen LogP contribution is -2.40. The van der Waals surface area contributed by atoms with Gasteiger partial charge in [-0.25, -0.2) is 0 Å². The van der Waals surface area contributed by atoms with Gasteiger partial charge in [0.1, 0.15) is 11.8 Å². The predicted molar refractivity (Wildman–Crippen MR) is 125 cm³/mol. The molecule has 1 saturated heterocycles. The van der Waals surface area contributed by atoms with Crippen LogP contribution >= 0.6 is 0 Å². The Labute approximate surface area is 190 Å². The number of hydrogen-bond acceptors (Lipinski definition) is 4. The second kappa shape index (κ2) is 8.53. The first kappa shape index (κ1) is 22.3. The summed E-state index contributed by atoms with van der Waals surface area (Å²) in [4.78, 5) is 32.7. The van der Waals surface area contributed by atoms with Gasteiger partial charge in [-0.2, -0.15) is 0 Å². The number of benzene rings is 1. The molecule has 2 fully saturated rings. The lowest BCUT2D eigenvalue weighted by atomic mass is 9.84. The minimum Gasteiger partial charge on any atom is -0.507 e. The van der Waals surface area contributed by atoms with Crippen LogP contribution in [-0.2, 0) is 15.0 Å². The van der Waals surface area contributed by atoms with Crippen molar-refractivity contribution in [1.29, 1.82) is 0 Å². The Morgan fingerprint density at radius 1 is 1.06 bits per heavy atom. The second-order valence-electron chi connectivity index (χ2n) is 10.0. The zero-order valence-corrected chi connectivity index (χ0v) is 19.4. The lowest BCUT2D eigenvalue weighted by Gasteiger charge is -2.35. The summed E-state index contributed by atoms with van der Waals surface area (Å²) in [6.07, 6.45) is 6.63. The fourth-order valence-electron chi connectivity index (χ4n) is 4.90. The molecule has 2 aromatic rings. The van der Waals surface area contributed by atoms with Crippen molar-refractivity contribution in [3.8, 4) is 0 Å². The summed E-state index contributed by atoms with van der Waals surface area (Å²) in [6.45, 7) is 8.24. The number of nitrogens with zero attached hydrogens (tertiary/aromatic N) is 2. The molecule has 1 amide bonds. The molecule has 5 nitrogen and oxygen atoms in total. The third-order valence-corrected chi connectivity index (χ3v) is 6.77. The van der Waals surface area contributed by atoms with Crippen LogP contribution in [0.3, 0.4) is 0 Å². The predicted octanol–water partition coefficient (Wildman–Crippen LogP) is 5.44. The van der Waals surface area contributed by atoms with Crippen LogP contribution in [-0.4, -0.2) is 32.7 Å². The quantitative estimate of drug-likeness (QED) is 0.398. The molecule has 1 aromatic carbocycles. The molecule has 1 saturated carbocycles. The van der Waals surface area contributed by atoms with Gasteiger partial charge in [0, 0.05) is 17.8 Å². The molecule has 1 N–H and O–H groups in total. The van der Waals surface area contributed by atoms with Crippen LogP contribution in [0.2, 0.25) is 0 Å². The van der Waals surface area contributed by atoms with Crippen LogP contribution < -0.4 is 0 Å². The molecule has 1 aliphatic heterocycles. The van der Waals surface area contributed by atoms with Gasteiger partial charge in [-0.05, 0) is 54.5 Å². The van der Waals surface area contributed by atoms with Gasteiger partial charge in [0.05, 0.1) is 11.3 Å². The van der Waals surface area contributed by atoms with Gasteiger partial charge >= 0.3 is 0 Å². The first-order chi connectivity index (χ1) is 15.2. The van der Waals surface area contributed by atoms with Crippen LogP contribution in [0.25, 0.3) is 5.76 Å².